The van der Waals surface area contributed by atoms with E-state index in [1.165, 1.54) is 13.0 Å². The Balaban J connectivity index is 2.35. The second-order valence-electron chi connectivity index (χ2n) is 5.05. The maximum absolute atomic E-state index is 12.1. The second kappa shape index (κ2) is 7.09. The van der Waals surface area contributed by atoms with Crippen LogP contribution < -0.4 is 10.4 Å². The molecule has 1 aromatic heterocycles. The Bertz CT molecular complexity index is 803. The van der Waals surface area contributed by atoms with Crippen LogP contribution in [0.5, 0.6) is 5.75 Å². The molecule has 0 fully saturated rings. The van der Waals surface area contributed by atoms with Crippen molar-refractivity contribution in [2.75, 3.05) is 6.61 Å². The van der Waals surface area contributed by atoms with Crippen molar-refractivity contribution >= 4 is 22.9 Å². The third-order valence-corrected chi connectivity index (χ3v) is 3.40. The van der Waals surface area contributed by atoms with Crippen LogP contribution in [-0.2, 0) is 20.7 Å². The minimum absolute atomic E-state index is 0.122. The average molecular weight is 318 g/mol. The minimum atomic E-state index is -0.501. The molecule has 0 atom stereocenters. The first-order valence-corrected chi connectivity index (χ1v) is 7.32. The highest BCUT2D eigenvalue weighted by Gasteiger charge is 2.14. The molecule has 0 aliphatic heterocycles. The van der Waals surface area contributed by atoms with Crippen LogP contribution in [0.2, 0.25) is 0 Å². The number of carbonyl (C=O) groups is 2. The lowest BCUT2D eigenvalue weighted by Gasteiger charge is -2.09. The highest BCUT2D eigenvalue weighted by molar-refractivity contribution is 5.83. The van der Waals surface area contributed by atoms with Crippen LogP contribution in [0, 0.1) is 6.92 Å². The molecule has 0 N–H and O–H groups in total. The van der Waals surface area contributed by atoms with Crippen LogP contribution in [0.4, 0.5) is 0 Å². The second-order valence-corrected chi connectivity index (χ2v) is 5.05. The molecule has 2 rings (SSSR count). The lowest BCUT2D eigenvalue weighted by Crippen LogP contribution is -2.13. The largest absolute Gasteiger partial charge is 0.466 e. The molecule has 0 saturated carbocycles. The van der Waals surface area contributed by atoms with Gasteiger partial charge in [-0.3, -0.25) is 9.59 Å². The van der Waals surface area contributed by atoms with Crippen molar-refractivity contribution in [3.8, 4) is 5.75 Å². The molecule has 0 unspecified atom stereocenters. The summed E-state index contributed by atoms with van der Waals surface area (Å²) in [6, 6.07) is 4.85. The first-order chi connectivity index (χ1) is 10.9. The van der Waals surface area contributed by atoms with Crippen LogP contribution >= 0.6 is 0 Å². The molecule has 122 valence electrons. The Hall–Kier alpha value is -2.63. The van der Waals surface area contributed by atoms with Gasteiger partial charge >= 0.3 is 17.6 Å². The van der Waals surface area contributed by atoms with Crippen molar-refractivity contribution in [2.24, 2.45) is 0 Å². The van der Waals surface area contributed by atoms with Crippen molar-refractivity contribution in [3.63, 3.8) is 0 Å². The standard InChI is InChI=1S/C17H18O6/c1-4-21-16(19)8-7-14-10(2)13-6-5-12(22-11(3)18)9-15(13)23-17(14)20/h5-6,9H,4,7-8H2,1-3H3. The van der Waals surface area contributed by atoms with E-state index >= 15 is 0 Å². The van der Waals surface area contributed by atoms with Gasteiger partial charge in [-0.05, 0) is 38.0 Å². The Morgan fingerprint density at radius 1 is 1.26 bits per heavy atom. The molecule has 1 heterocycles. The zero-order chi connectivity index (χ0) is 17.0. The van der Waals surface area contributed by atoms with Gasteiger partial charge < -0.3 is 13.9 Å². The van der Waals surface area contributed by atoms with E-state index in [2.05, 4.69) is 0 Å². The Morgan fingerprint density at radius 2 is 2.00 bits per heavy atom. The Morgan fingerprint density at radius 3 is 2.65 bits per heavy atom. The van der Waals surface area contributed by atoms with E-state index in [0.29, 0.717) is 23.5 Å². The van der Waals surface area contributed by atoms with Crippen LogP contribution in [0.15, 0.2) is 27.4 Å². The van der Waals surface area contributed by atoms with Gasteiger partial charge in [0.15, 0.2) is 0 Å². The zero-order valence-electron chi connectivity index (χ0n) is 13.3. The quantitative estimate of drug-likeness (QED) is 0.478. The van der Waals surface area contributed by atoms with Crippen LogP contribution in [0.1, 0.15) is 31.4 Å². The number of carbonyl (C=O) groups excluding carboxylic acids is 2. The van der Waals surface area contributed by atoms with Crippen molar-refractivity contribution in [1.82, 2.24) is 0 Å². The van der Waals surface area contributed by atoms with Crippen molar-refractivity contribution in [1.29, 1.82) is 0 Å². The Labute approximate surface area is 133 Å². The molecule has 0 aliphatic rings. The molecule has 0 spiro atoms. The summed E-state index contributed by atoms with van der Waals surface area (Å²) in [6.45, 7) is 5.13. The maximum Gasteiger partial charge on any atom is 0.339 e. The predicted octanol–water partition coefficient (Wildman–Crippen LogP) is 2.52. The number of aryl methyl sites for hydroxylation is 1. The summed E-state index contributed by atoms with van der Waals surface area (Å²) < 4.78 is 15.1. The molecule has 6 heteroatoms. The van der Waals surface area contributed by atoms with Gasteiger partial charge in [0.05, 0.1) is 6.61 Å². The smallest absolute Gasteiger partial charge is 0.339 e. The minimum Gasteiger partial charge on any atom is -0.466 e. The van der Waals surface area contributed by atoms with Crippen molar-refractivity contribution in [2.45, 2.75) is 33.6 Å². The fraction of sp³-hybridized carbons (Fsp3) is 0.353. The first-order valence-electron chi connectivity index (χ1n) is 7.32. The lowest BCUT2D eigenvalue weighted by atomic mass is 10.0. The number of hydrogen-bond acceptors (Lipinski definition) is 6. The number of esters is 2. The Kier molecular flexibility index (Phi) is 5.16. The van der Waals surface area contributed by atoms with E-state index < -0.39 is 11.6 Å². The van der Waals surface area contributed by atoms with Crippen molar-refractivity contribution in [3.05, 3.63) is 39.7 Å². The van der Waals surface area contributed by atoms with Gasteiger partial charge in [-0.1, -0.05) is 0 Å². The summed E-state index contributed by atoms with van der Waals surface area (Å²) in [6.07, 6.45) is 0.380. The van der Waals surface area contributed by atoms with E-state index in [1.807, 2.05) is 0 Å². The molecule has 0 bridgehead atoms. The molecule has 2 aromatic rings. The summed E-state index contributed by atoms with van der Waals surface area (Å²) in [5, 5.41) is 0.736. The summed E-state index contributed by atoms with van der Waals surface area (Å²) >= 11 is 0. The molecule has 23 heavy (non-hydrogen) atoms. The molecular weight excluding hydrogens is 300 g/mol. The summed E-state index contributed by atoms with van der Waals surface area (Å²) in [4.78, 5) is 34.6. The van der Waals surface area contributed by atoms with E-state index in [9.17, 15) is 14.4 Å². The number of fused-ring (bicyclic) bond motifs is 1. The molecule has 6 nitrogen and oxygen atoms in total. The SMILES string of the molecule is CCOC(=O)CCc1c(C)c2ccc(OC(C)=O)cc2oc1=O. The number of hydrogen-bond donors (Lipinski definition) is 0. The molecule has 1 aromatic carbocycles. The van der Waals surface area contributed by atoms with Gasteiger partial charge in [-0.25, -0.2) is 4.79 Å². The van der Waals surface area contributed by atoms with E-state index in [4.69, 9.17) is 13.9 Å². The summed E-state index contributed by atoms with van der Waals surface area (Å²) in [5.41, 5.74) is 1.03. The van der Waals surface area contributed by atoms with Gasteiger partial charge in [0.1, 0.15) is 11.3 Å². The molecule has 0 aliphatic carbocycles. The van der Waals surface area contributed by atoms with Crippen molar-refractivity contribution < 1.29 is 23.5 Å². The highest BCUT2D eigenvalue weighted by Crippen LogP contribution is 2.24. The predicted molar refractivity (Wildman–Crippen MR) is 83.5 cm³/mol. The number of benzene rings is 1. The van der Waals surface area contributed by atoms with Gasteiger partial charge in [0.2, 0.25) is 0 Å². The number of rotatable bonds is 5. The van der Waals surface area contributed by atoms with E-state index in [1.54, 1.807) is 26.0 Å². The molecular formula is C17H18O6. The fourth-order valence-corrected chi connectivity index (χ4v) is 2.35. The normalized spacial score (nSPS) is 10.6. The molecule has 0 radical (unpaired) electrons. The summed E-state index contributed by atoms with van der Waals surface area (Å²) in [7, 11) is 0. The summed E-state index contributed by atoms with van der Waals surface area (Å²) in [5.74, 6) is -0.488. The van der Waals surface area contributed by atoms with Gasteiger partial charge in [0.25, 0.3) is 0 Å². The van der Waals surface area contributed by atoms with E-state index in [-0.39, 0.29) is 18.8 Å². The first kappa shape index (κ1) is 16.7. The average Bonchev–Trinajstić information content (AvgIpc) is 2.46. The van der Waals surface area contributed by atoms with Crippen LogP contribution in [0.3, 0.4) is 0 Å². The van der Waals surface area contributed by atoms with Gasteiger partial charge in [-0.2, -0.15) is 0 Å². The third-order valence-electron chi connectivity index (χ3n) is 3.40. The van der Waals surface area contributed by atoms with Crippen LogP contribution in [0.25, 0.3) is 11.0 Å². The van der Waals surface area contributed by atoms with E-state index in [0.717, 1.165) is 10.9 Å². The van der Waals surface area contributed by atoms with Gasteiger partial charge in [-0.15, -0.1) is 0 Å². The molecule has 0 amide bonds. The monoisotopic (exact) mass is 318 g/mol. The highest BCUT2D eigenvalue weighted by atomic mass is 16.5. The lowest BCUT2D eigenvalue weighted by molar-refractivity contribution is -0.143. The maximum atomic E-state index is 12.1. The fourth-order valence-electron chi connectivity index (χ4n) is 2.35. The topological polar surface area (TPSA) is 82.8 Å². The van der Waals surface area contributed by atoms with Crippen LogP contribution in [-0.4, -0.2) is 18.5 Å². The third kappa shape index (κ3) is 3.97. The zero-order valence-corrected chi connectivity index (χ0v) is 13.3. The van der Waals surface area contributed by atoms with Gasteiger partial charge in [0, 0.05) is 30.4 Å². The molecule has 0 saturated heterocycles. The number of ether oxygens (including phenoxy) is 2.